The van der Waals surface area contributed by atoms with Gasteiger partial charge in [0.05, 0.1) is 14.0 Å². The third kappa shape index (κ3) is 4.16. The standard InChI is InChI=1S/C23H20FN3O2/c1-15-3-12-21-26-16(2)22(27(21)14-15)23(28)25-13-17-4-8-19(9-5-17)29-20-10-6-18(24)7-11-20/h3-11,14H,12-13H2,1-2H3/p+1/i1D3,2D3,3D,12D. The molecule has 0 fully saturated rings. The average Bonchev–Trinajstić information content (AvgIpc) is 3.22. The number of amides is 1. The lowest BCUT2D eigenvalue weighted by atomic mass is 10.2. The number of halogens is 1. The number of hydrogen-bond acceptors (Lipinski definition) is 3. The Hall–Kier alpha value is -3.54. The Morgan fingerprint density at radius 2 is 1.97 bits per heavy atom. The Bertz CT molecular complexity index is 1360. The molecule has 0 spiro atoms. The largest absolute Gasteiger partial charge is 0.457 e. The number of nitrogens with zero attached hydrogens (tertiary/aromatic N) is 2. The predicted molar refractivity (Wildman–Crippen MR) is 110 cm³/mol. The maximum Gasteiger partial charge on any atom is 0.308 e. The van der Waals surface area contributed by atoms with Crippen molar-refractivity contribution in [2.75, 3.05) is 0 Å². The molecular weight excluding hydrogens is 369 g/mol. The van der Waals surface area contributed by atoms with E-state index >= 15 is 0 Å². The quantitative estimate of drug-likeness (QED) is 0.763. The normalized spacial score (nSPS) is 23.1. The fourth-order valence-electron chi connectivity index (χ4n) is 2.79. The number of carbonyl (C=O) groups is 1. The lowest BCUT2D eigenvalue weighted by Crippen LogP contribution is -2.32. The Kier molecular flexibility index (Phi) is 3.09. The van der Waals surface area contributed by atoms with E-state index in [0.717, 1.165) is 10.8 Å². The third-order valence-corrected chi connectivity index (χ3v) is 4.19. The second-order valence-corrected chi connectivity index (χ2v) is 6.25. The molecule has 29 heavy (non-hydrogen) atoms. The van der Waals surface area contributed by atoms with Crippen LogP contribution in [0.1, 0.15) is 36.6 Å². The van der Waals surface area contributed by atoms with Crippen LogP contribution in [0, 0.1) is 5.82 Å². The molecule has 146 valence electrons. The number of amidine groups is 1. The van der Waals surface area contributed by atoms with Crippen molar-refractivity contribution in [3.05, 3.63) is 82.9 Å². The first kappa shape index (κ1) is 11.5. The van der Waals surface area contributed by atoms with E-state index in [9.17, 15) is 9.18 Å². The van der Waals surface area contributed by atoms with Crippen LogP contribution in [0.4, 0.5) is 4.39 Å². The molecule has 0 saturated carbocycles. The molecule has 0 aromatic heterocycles. The summed E-state index contributed by atoms with van der Waals surface area (Å²) >= 11 is 0. The summed E-state index contributed by atoms with van der Waals surface area (Å²) in [7, 11) is 0. The summed E-state index contributed by atoms with van der Waals surface area (Å²) in [5, 5.41) is 2.60. The molecule has 1 unspecified atom stereocenters. The minimum Gasteiger partial charge on any atom is -0.457 e. The van der Waals surface area contributed by atoms with E-state index in [1.54, 1.807) is 24.3 Å². The highest BCUT2D eigenvalue weighted by molar-refractivity contribution is 6.00. The molecule has 0 saturated heterocycles. The molecule has 0 radical (unpaired) electrons. The van der Waals surface area contributed by atoms with E-state index < -0.39 is 49.0 Å². The van der Waals surface area contributed by atoms with Crippen molar-refractivity contribution in [2.45, 2.75) is 26.6 Å². The monoisotopic (exact) mass is 398 g/mol. The number of aliphatic imine (C=N–C) groups is 1. The molecule has 2 aromatic carbocycles. The summed E-state index contributed by atoms with van der Waals surface area (Å²) < 4.78 is 82.3. The zero-order valence-electron chi connectivity index (χ0n) is 23.1. The average molecular weight is 398 g/mol. The van der Waals surface area contributed by atoms with Gasteiger partial charge in [-0.15, -0.1) is 0 Å². The zero-order chi connectivity index (χ0) is 27.1. The maximum atomic E-state index is 13.1. The summed E-state index contributed by atoms with van der Waals surface area (Å²) in [6.07, 6.45) is -0.592. The van der Waals surface area contributed by atoms with Gasteiger partial charge in [-0.2, -0.15) is 4.58 Å². The number of carbonyl (C=O) groups excluding carboxylic acids is 1. The number of allylic oxidation sites excluding steroid dienone is 2. The predicted octanol–water partition coefficient (Wildman–Crippen LogP) is 4.31. The van der Waals surface area contributed by atoms with Gasteiger partial charge in [-0.25, -0.2) is 4.39 Å². The molecule has 2 aliphatic heterocycles. The van der Waals surface area contributed by atoms with Crippen molar-refractivity contribution in [3.63, 3.8) is 0 Å². The second-order valence-electron chi connectivity index (χ2n) is 6.25. The second kappa shape index (κ2) is 7.83. The molecule has 2 aliphatic rings. The molecule has 1 N–H and O–H groups in total. The Morgan fingerprint density at radius 3 is 2.66 bits per heavy atom. The van der Waals surface area contributed by atoms with Gasteiger partial charge in [-0.1, -0.05) is 18.2 Å². The molecule has 4 rings (SSSR count). The SMILES string of the molecule is [2H]C1=C(C([2H])([2H])[2H])C=[N+]2C(=NC(C([2H])([2H])[2H])=C2C(=O)NCc2ccc(Oc3ccc(F)cc3)cc2)C1[2H]. The first-order valence-corrected chi connectivity index (χ1v) is 8.67. The third-order valence-electron chi connectivity index (χ3n) is 4.19. The van der Waals surface area contributed by atoms with Crippen molar-refractivity contribution in [1.29, 1.82) is 0 Å². The lowest BCUT2D eigenvalue weighted by Gasteiger charge is -2.10. The van der Waals surface area contributed by atoms with Crippen LogP contribution in [0.15, 0.2) is 76.5 Å². The molecule has 0 aliphatic carbocycles. The molecule has 1 amide bonds. The van der Waals surface area contributed by atoms with Crippen molar-refractivity contribution in [2.24, 2.45) is 4.99 Å². The minimum absolute atomic E-state index is 0.00736. The number of hydrogen-bond donors (Lipinski definition) is 1. The van der Waals surface area contributed by atoms with Crippen molar-refractivity contribution in [3.8, 4) is 11.5 Å². The summed E-state index contributed by atoms with van der Waals surface area (Å²) in [4.78, 5) is 17.1. The summed E-state index contributed by atoms with van der Waals surface area (Å²) in [6, 6.07) is 11.6. The number of fused-ring (bicyclic) bond motifs is 1. The van der Waals surface area contributed by atoms with E-state index in [2.05, 4.69) is 10.3 Å². The lowest BCUT2D eigenvalue weighted by molar-refractivity contribution is -0.337. The van der Waals surface area contributed by atoms with Crippen LogP contribution in [0.3, 0.4) is 0 Å². The van der Waals surface area contributed by atoms with Crippen LogP contribution in [0.25, 0.3) is 0 Å². The first-order chi connectivity index (χ1) is 17.3. The van der Waals surface area contributed by atoms with Gasteiger partial charge >= 0.3 is 5.84 Å². The van der Waals surface area contributed by atoms with Gasteiger partial charge in [-0.3, -0.25) is 4.79 Å². The number of benzene rings is 2. The number of rotatable bonds is 5. The topological polar surface area (TPSA) is 53.7 Å². The van der Waals surface area contributed by atoms with Gasteiger partial charge in [0.2, 0.25) is 11.4 Å². The molecule has 5 nitrogen and oxygen atoms in total. The van der Waals surface area contributed by atoms with Crippen LogP contribution < -0.4 is 10.1 Å². The molecule has 2 aromatic rings. The Balaban J connectivity index is 1.54. The summed E-state index contributed by atoms with van der Waals surface area (Å²) in [5.74, 6) is -0.533. The summed E-state index contributed by atoms with van der Waals surface area (Å²) in [5.41, 5.74) is -0.832. The van der Waals surface area contributed by atoms with Gasteiger partial charge in [0.15, 0.2) is 0 Å². The Labute approximate surface area is 179 Å². The van der Waals surface area contributed by atoms with Gasteiger partial charge < -0.3 is 10.1 Å². The minimum atomic E-state index is -2.83. The van der Waals surface area contributed by atoms with E-state index in [1.807, 2.05) is 0 Å². The molecular formula is C23H21FN3O2+. The number of nitrogens with one attached hydrogen (secondary N) is 1. The first-order valence-electron chi connectivity index (χ1n) is 12.7. The zero-order valence-corrected chi connectivity index (χ0v) is 15.1. The van der Waals surface area contributed by atoms with Gasteiger partial charge in [-0.05, 0) is 59.4 Å². The summed E-state index contributed by atoms with van der Waals surface area (Å²) in [6.45, 7) is -5.58. The molecule has 1 atom stereocenters. The van der Waals surface area contributed by atoms with Gasteiger partial charge in [0, 0.05) is 23.0 Å². The van der Waals surface area contributed by atoms with Crippen molar-refractivity contribution >= 4 is 18.0 Å². The molecule has 6 heteroatoms. The fraction of sp³-hybridized carbons (Fsp3) is 0.174. The van der Waals surface area contributed by atoms with Crippen LogP contribution in [-0.2, 0) is 11.3 Å². The van der Waals surface area contributed by atoms with Crippen LogP contribution in [-0.4, -0.2) is 22.5 Å². The van der Waals surface area contributed by atoms with Crippen LogP contribution >= 0.6 is 0 Å². The van der Waals surface area contributed by atoms with Gasteiger partial charge in [0.25, 0.3) is 5.91 Å². The van der Waals surface area contributed by atoms with E-state index in [-0.39, 0.29) is 18.2 Å². The fourth-order valence-corrected chi connectivity index (χ4v) is 2.79. The Morgan fingerprint density at radius 1 is 1.24 bits per heavy atom. The van der Waals surface area contributed by atoms with E-state index in [1.165, 1.54) is 24.3 Å². The van der Waals surface area contributed by atoms with E-state index in [0.29, 0.717) is 17.1 Å². The van der Waals surface area contributed by atoms with Crippen molar-refractivity contribution in [1.82, 2.24) is 5.32 Å². The molecule has 0 bridgehead atoms. The maximum absolute atomic E-state index is 13.1. The van der Waals surface area contributed by atoms with Crippen LogP contribution in [0.2, 0.25) is 0 Å². The number of ether oxygens (including phenoxy) is 1. The smallest absolute Gasteiger partial charge is 0.308 e. The van der Waals surface area contributed by atoms with Crippen molar-refractivity contribution < 1.29 is 29.5 Å². The van der Waals surface area contributed by atoms with Gasteiger partial charge in [0.1, 0.15) is 17.3 Å². The highest BCUT2D eigenvalue weighted by Gasteiger charge is 2.36. The van der Waals surface area contributed by atoms with Crippen LogP contribution in [0.5, 0.6) is 11.5 Å². The van der Waals surface area contributed by atoms with E-state index in [4.69, 9.17) is 15.7 Å². The highest BCUT2D eigenvalue weighted by Crippen LogP contribution is 2.23. The highest BCUT2D eigenvalue weighted by atomic mass is 19.1. The molecule has 2 heterocycles.